The van der Waals surface area contributed by atoms with E-state index in [-0.39, 0.29) is 11.7 Å². The standard InChI is InChI=1S/C24H29FN4O/c25-20-5-3-4-16(10-20)11-22-19-12-18(21-6-1-2-9-29(21)22)14-28(15-19)24(30)17-7-8-23(26)27-13-17/h3-5,7-8,10,13,18-19,21-22H,1-2,6,9,11-12,14-15H2,(H2,26,27)/t18-,19+,21+,22+/m1/s1. The van der Waals surface area contributed by atoms with Gasteiger partial charge in [0.1, 0.15) is 11.6 Å². The van der Waals surface area contributed by atoms with Gasteiger partial charge < -0.3 is 10.6 Å². The maximum Gasteiger partial charge on any atom is 0.255 e. The molecule has 30 heavy (non-hydrogen) atoms. The zero-order chi connectivity index (χ0) is 20.7. The summed E-state index contributed by atoms with van der Waals surface area (Å²) in [6.45, 7) is 2.68. The van der Waals surface area contributed by atoms with E-state index in [4.69, 9.17) is 5.73 Å². The molecule has 2 bridgehead atoms. The number of carbonyl (C=O) groups is 1. The number of aromatic nitrogens is 1. The first-order chi connectivity index (χ1) is 14.6. The van der Waals surface area contributed by atoms with Crippen molar-refractivity contribution in [2.45, 2.75) is 44.2 Å². The third-order valence-electron chi connectivity index (χ3n) is 7.28. The van der Waals surface area contributed by atoms with Gasteiger partial charge in [-0.05, 0) is 73.9 Å². The van der Waals surface area contributed by atoms with Crippen molar-refractivity contribution in [3.63, 3.8) is 0 Å². The van der Waals surface area contributed by atoms with Crippen molar-refractivity contribution in [3.8, 4) is 0 Å². The average Bonchev–Trinajstić information content (AvgIpc) is 2.77. The second-order valence-corrected chi connectivity index (χ2v) is 9.14. The lowest BCUT2D eigenvalue weighted by atomic mass is 9.71. The van der Waals surface area contributed by atoms with E-state index < -0.39 is 0 Å². The van der Waals surface area contributed by atoms with Crippen molar-refractivity contribution in [1.82, 2.24) is 14.8 Å². The maximum absolute atomic E-state index is 13.8. The summed E-state index contributed by atoms with van der Waals surface area (Å²) in [6, 6.07) is 11.3. The number of likely N-dealkylation sites (tertiary alicyclic amines) is 1. The van der Waals surface area contributed by atoms with Gasteiger partial charge in [-0.15, -0.1) is 0 Å². The lowest BCUT2D eigenvalue weighted by Crippen LogP contribution is -2.64. The topological polar surface area (TPSA) is 62.5 Å². The molecular weight excluding hydrogens is 379 g/mol. The normalized spacial score (nSPS) is 28.8. The predicted octanol–water partition coefficient (Wildman–Crippen LogP) is 3.36. The number of benzene rings is 1. The van der Waals surface area contributed by atoms with E-state index in [1.165, 1.54) is 25.3 Å². The average molecular weight is 409 g/mol. The summed E-state index contributed by atoms with van der Waals surface area (Å²) in [7, 11) is 0. The fraction of sp³-hybridized carbons (Fsp3) is 0.500. The number of nitrogen functional groups attached to an aromatic ring is 1. The van der Waals surface area contributed by atoms with Crippen LogP contribution in [-0.4, -0.2) is 52.4 Å². The minimum Gasteiger partial charge on any atom is -0.384 e. The molecular formula is C24H29FN4O. The van der Waals surface area contributed by atoms with E-state index in [9.17, 15) is 9.18 Å². The first-order valence-corrected chi connectivity index (χ1v) is 11.1. The highest BCUT2D eigenvalue weighted by Crippen LogP contribution is 2.42. The van der Waals surface area contributed by atoms with E-state index in [2.05, 4.69) is 9.88 Å². The number of hydrogen-bond acceptors (Lipinski definition) is 4. The molecule has 0 unspecified atom stereocenters. The molecule has 0 radical (unpaired) electrons. The van der Waals surface area contributed by atoms with Crippen LogP contribution >= 0.6 is 0 Å². The molecule has 3 aliphatic heterocycles. The van der Waals surface area contributed by atoms with E-state index in [0.717, 1.165) is 38.0 Å². The maximum atomic E-state index is 13.8. The highest BCUT2D eigenvalue weighted by atomic mass is 19.1. The molecule has 6 heteroatoms. The number of hydrogen-bond donors (Lipinski definition) is 1. The van der Waals surface area contributed by atoms with Crippen LogP contribution in [0.5, 0.6) is 0 Å². The Bertz CT molecular complexity index is 918. The number of nitrogens with two attached hydrogens (primary N) is 1. The zero-order valence-electron chi connectivity index (χ0n) is 17.2. The molecule has 3 saturated heterocycles. The van der Waals surface area contributed by atoms with Crippen LogP contribution in [-0.2, 0) is 6.42 Å². The van der Waals surface area contributed by atoms with Gasteiger partial charge in [-0.2, -0.15) is 0 Å². The highest BCUT2D eigenvalue weighted by Gasteiger charge is 2.47. The molecule has 1 aromatic carbocycles. The molecule has 3 fully saturated rings. The number of amides is 1. The summed E-state index contributed by atoms with van der Waals surface area (Å²) in [5.74, 6) is 1.22. The summed E-state index contributed by atoms with van der Waals surface area (Å²) >= 11 is 0. The van der Waals surface area contributed by atoms with E-state index >= 15 is 0 Å². The smallest absolute Gasteiger partial charge is 0.255 e. The van der Waals surface area contributed by atoms with E-state index in [1.807, 2.05) is 11.0 Å². The second-order valence-electron chi connectivity index (χ2n) is 9.14. The Morgan fingerprint density at radius 2 is 2.03 bits per heavy atom. The van der Waals surface area contributed by atoms with Crippen LogP contribution in [0.25, 0.3) is 0 Å². The van der Waals surface area contributed by atoms with Crippen molar-refractivity contribution >= 4 is 11.7 Å². The number of anilines is 1. The fourth-order valence-electron chi connectivity index (χ4n) is 5.97. The van der Waals surface area contributed by atoms with E-state index in [0.29, 0.717) is 35.3 Å². The van der Waals surface area contributed by atoms with Crippen LogP contribution in [0.1, 0.15) is 41.6 Å². The van der Waals surface area contributed by atoms with Gasteiger partial charge >= 0.3 is 0 Å². The zero-order valence-corrected chi connectivity index (χ0v) is 17.2. The second kappa shape index (κ2) is 7.99. The molecule has 4 heterocycles. The Balaban J connectivity index is 1.41. The molecule has 1 amide bonds. The van der Waals surface area contributed by atoms with Crippen LogP contribution in [0.2, 0.25) is 0 Å². The number of halogens is 1. The Labute approximate surface area is 177 Å². The number of nitrogens with zero attached hydrogens (tertiary/aromatic N) is 3. The molecule has 158 valence electrons. The Kier molecular flexibility index (Phi) is 5.19. The van der Waals surface area contributed by atoms with Gasteiger partial charge in [0.25, 0.3) is 5.91 Å². The number of piperidine rings is 3. The highest BCUT2D eigenvalue weighted by molar-refractivity contribution is 5.94. The first kappa shape index (κ1) is 19.5. The third-order valence-corrected chi connectivity index (χ3v) is 7.28. The monoisotopic (exact) mass is 408 g/mol. The Morgan fingerprint density at radius 3 is 2.83 bits per heavy atom. The van der Waals surface area contributed by atoms with Crippen molar-refractivity contribution in [2.75, 3.05) is 25.4 Å². The largest absolute Gasteiger partial charge is 0.384 e. The summed E-state index contributed by atoms with van der Waals surface area (Å²) in [5, 5.41) is 0. The predicted molar refractivity (Wildman–Crippen MR) is 114 cm³/mol. The van der Waals surface area contributed by atoms with Crippen molar-refractivity contribution < 1.29 is 9.18 Å². The van der Waals surface area contributed by atoms with Gasteiger partial charge in [0.05, 0.1) is 5.56 Å². The van der Waals surface area contributed by atoms with Crippen LogP contribution < -0.4 is 5.73 Å². The van der Waals surface area contributed by atoms with Crippen molar-refractivity contribution in [3.05, 3.63) is 59.5 Å². The number of pyridine rings is 1. The molecule has 0 aliphatic carbocycles. The SMILES string of the molecule is Nc1ccc(C(=O)N2C[C@H]3C[C@@H](C2)[C@H](Cc2cccc(F)c2)N2CCCC[C@@H]32)cn1. The van der Waals surface area contributed by atoms with E-state index in [1.54, 1.807) is 30.5 Å². The molecule has 2 aromatic rings. The van der Waals surface area contributed by atoms with Crippen LogP contribution in [0.15, 0.2) is 42.6 Å². The molecule has 5 rings (SSSR count). The molecule has 4 atom stereocenters. The molecule has 0 spiro atoms. The van der Waals surface area contributed by atoms with Crippen LogP contribution in [0.4, 0.5) is 10.2 Å². The summed E-state index contributed by atoms with van der Waals surface area (Å²) in [4.78, 5) is 22.0. The van der Waals surface area contributed by atoms with Crippen LogP contribution in [0, 0.1) is 17.7 Å². The van der Waals surface area contributed by atoms with Crippen LogP contribution in [0.3, 0.4) is 0 Å². The van der Waals surface area contributed by atoms with Gasteiger partial charge in [-0.3, -0.25) is 9.69 Å². The lowest BCUT2D eigenvalue weighted by molar-refractivity contribution is -0.0642. The fourth-order valence-corrected chi connectivity index (χ4v) is 5.97. The number of fused-ring (bicyclic) bond motifs is 4. The van der Waals surface area contributed by atoms with Gasteiger partial charge in [0.2, 0.25) is 0 Å². The lowest BCUT2D eigenvalue weighted by Gasteiger charge is -2.57. The minimum atomic E-state index is -0.173. The number of carbonyl (C=O) groups excluding carboxylic acids is 1. The molecule has 2 N–H and O–H groups in total. The van der Waals surface area contributed by atoms with Gasteiger partial charge in [0.15, 0.2) is 0 Å². The molecule has 3 aliphatic rings. The van der Waals surface area contributed by atoms with Gasteiger partial charge in [-0.1, -0.05) is 18.6 Å². The molecule has 5 nitrogen and oxygen atoms in total. The number of rotatable bonds is 3. The Hall–Kier alpha value is -2.47. The van der Waals surface area contributed by atoms with Gasteiger partial charge in [-0.25, -0.2) is 9.37 Å². The van der Waals surface area contributed by atoms with Gasteiger partial charge in [0, 0.05) is 31.4 Å². The van der Waals surface area contributed by atoms with Crippen molar-refractivity contribution in [1.29, 1.82) is 0 Å². The summed E-state index contributed by atoms with van der Waals surface area (Å²) in [6.07, 6.45) is 7.27. The molecule has 1 aromatic heterocycles. The first-order valence-electron chi connectivity index (χ1n) is 11.1. The quantitative estimate of drug-likeness (QED) is 0.846. The minimum absolute atomic E-state index is 0.0472. The third kappa shape index (κ3) is 3.69. The summed E-state index contributed by atoms with van der Waals surface area (Å²) in [5.41, 5.74) is 7.34. The van der Waals surface area contributed by atoms with Crippen molar-refractivity contribution in [2.24, 2.45) is 11.8 Å². The molecule has 0 saturated carbocycles. The Morgan fingerprint density at radius 1 is 1.17 bits per heavy atom. The summed E-state index contributed by atoms with van der Waals surface area (Å²) < 4.78 is 13.8.